The van der Waals surface area contributed by atoms with Crippen LogP contribution in [0, 0.1) is 28.1 Å². The lowest BCUT2D eigenvalue weighted by molar-refractivity contribution is -0.169. The molecule has 134 valence electrons. The van der Waals surface area contributed by atoms with Gasteiger partial charge in [-0.15, -0.1) is 0 Å². The van der Waals surface area contributed by atoms with Crippen LogP contribution in [0.5, 0.6) is 0 Å². The van der Waals surface area contributed by atoms with E-state index in [4.69, 9.17) is 0 Å². The monoisotopic (exact) mass is 334 g/mol. The Hall–Kier alpha value is -0.710. The fourth-order valence-electron chi connectivity index (χ4n) is 6.87. The van der Waals surface area contributed by atoms with Crippen LogP contribution in [0.4, 0.5) is 0 Å². The van der Waals surface area contributed by atoms with Crippen LogP contribution in [-0.2, 0) is 4.79 Å². The van der Waals surface area contributed by atoms with Crippen LogP contribution in [0.15, 0.2) is 12.2 Å². The van der Waals surface area contributed by atoms with Gasteiger partial charge in [-0.2, -0.15) is 0 Å². The number of ketones is 1. The van der Waals surface area contributed by atoms with Gasteiger partial charge in [-0.3, -0.25) is 4.79 Å². The standard InChI is InChI=1S/C20H30O4/c1-11-12-5-6-18(4)10-19(12,8-15(18)22)9-16(23)20(24)13(11)7-14(21)17(20,2)3/h12-14,16,21,23-24H,1,5-10H2,2-4H3/t12-,13-,14-,16+,18-,19+,20-/m0/s1. The highest BCUT2D eigenvalue weighted by atomic mass is 16.4. The van der Waals surface area contributed by atoms with Crippen LogP contribution < -0.4 is 0 Å². The fourth-order valence-corrected chi connectivity index (χ4v) is 6.87. The number of aliphatic hydroxyl groups is 3. The number of Topliss-reactive ketones (excluding diaryl/α,β-unsaturated/α-hetero) is 1. The van der Waals surface area contributed by atoms with Gasteiger partial charge >= 0.3 is 0 Å². The molecule has 0 aromatic heterocycles. The van der Waals surface area contributed by atoms with Crippen LogP contribution >= 0.6 is 0 Å². The second-order valence-corrected chi connectivity index (χ2v) is 9.94. The summed E-state index contributed by atoms with van der Waals surface area (Å²) >= 11 is 0. The second-order valence-electron chi connectivity index (χ2n) is 9.94. The van der Waals surface area contributed by atoms with Crippen molar-refractivity contribution in [1.29, 1.82) is 0 Å². The van der Waals surface area contributed by atoms with E-state index in [9.17, 15) is 20.1 Å². The average Bonchev–Trinajstić information content (AvgIpc) is 2.76. The van der Waals surface area contributed by atoms with Crippen molar-refractivity contribution in [1.82, 2.24) is 0 Å². The molecule has 0 aromatic carbocycles. The van der Waals surface area contributed by atoms with E-state index in [1.165, 1.54) is 0 Å². The van der Waals surface area contributed by atoms with E-state index in [1.54, 1.807) is 0 Å². The maximum atomic E-state index is 12.6. The van der Waals surface area contributed by atoms with Gasteiger partial charge < -0.3 is 15.3 Å². The molecule has 4 heteroatoms. The Morgan fingerprint density at radius 3 is 2.46 bits per heavy atom. The predicted molar refractivity (Wildman–Crippen MR) is 90.1 cm³/mol. The van der Waals surface area contributed by atoms with Gasteiger partial charge in [0.2, 0.25) is 0 Å². The lowest BCUT2D eigenvalue weighted by atomic mass is 9.60. The third kappa shape index (κ3) is 1.68. The molecule has 0 unspecified atom stereocenters. The topological polar surface area (TPSA) is 77.8 Å². The van der Waals surface area contributed by atoms with Gasteiger partial charge in [-0.05, 0) is 43.4 Å². The molecular formula is C20H30O4. The minimum absolute atomic E-state index is 0.159. The van der Waals surface area contributed by atoms with Crippen LogP contribution in [0.3, 0.4) is 0 Å². The number of hydrogen-bond acceptors (Lipinski definition) is 4. The number of hydrogen-bond donors (Lipinski definition) is 3. The van der Waals surface area contributed by atoms with E-state index in [-0.39, 0.29) is 22.7 Å². The molecule has 3 N–H and O–H groups in total. The van der Waals surface area contributed by atoms with Gasteiger partial charge in [0.25, 0.3) is 0 Å². The number of fused-ring (bicyclic) bond motifs is 2. The highest BCUT2D eigenvalue weighted by molar-refractivity contribution is 5.88. The first-order valence-corrected chi connectivity index (χ1v) is 9.28. The van der Waals surface area contributed by atoms with E-state index in [0.29, 0.717) is 25.0 Å². The summed E-state index contributed by atoms with van der Waals surface area (Å²) in [5.74, 6) is 0.164. The molecular weight excluding hydrogens is 304 g/mol. The maximum absolute atomic E-state index is 12.6. The molecule has 4 nitrogen and oxygen atoms in total. The zero-order valence-corrected chi connectivity index (χ0v) is 15.0. The zero-order valence-electron chi connectivity index (χ0n) is 15.0. The van der Waals surface area contributed by atoms with Crippen molar-refractivity contribution in [3.8, 4) is 0 Å². The Labute approximate surface area is 144 Å². The lowest BCUT2D eigenvalue weighted by Crippen LogP contribution is -2.56. The minimum Gasteiger partial charge on any atom is -0.392 e. The first-order chi connectivity index (χ1) is 11.0. The largest absolute Gasteiger partial charge is 0.392 e. The Morgan fingerprint density at radius 1 is 1.12 bits per heavy atom. The smallest absolute Gasteiger partial charge is 0.139 e. The highest BCUT2D eigenvalue weighted by Gasteiger charge is 2.70. The molecule has 4 fully saturated rings. The Kier molecular flexibility index (Phi) is 3.15. The molecule has 0 heterocycles. The van der Waals surface area contributed by atoms with Crippen molar-refractivity contribution in [2.45, 2.75) is 77.1 Å². The summed E-state index contributed by atoms with van der Waals surface area (Å²) < 4.78 is 0. The molecule has 0 aromatic rings. The van der Waals surface area contributed by atoms with Crippen molar-refractivity contribution >= 4 is 5.78 Å². The van der Waals surface area contributed by atoms with Crippen molar-refractivity contribution in [2.75, 3.05) is 0 Å². The van der Waals surface area contributed by atoms with Crippen LogP contribution in [0.2, 0.25) is 0 Å². The van der Waals surface area contributed by atoms with Gasteiger partial charge in [0, 0.05) is 23.2 Å². The molecule has 2 bridgehead atoms. The average molecular weight is 334 g/mol. The number of carbonyl (C=O) groups excluding carboxylic acids is 1. The minimum atomic E-state index is -1.38. The highest BCUT2D eigenvalue weighted by Crippen LogP contribution is 2.68. The number of aliphatic hydroxyl groups excluding tert-OH is 2. The quantitative estimate of drug-likeness (QED) is 0.594. The van der Waals surface area contributed by atoms with Crippen molar-refractivity contribution in [2.24, 2.45) is 28.1 Å². The molecule has 24 heavy (non-hydrogen) atoms. The van der Waals surface area contributed by atoms with E-state index in [1.807, 2.05) is 13.8 Å². The van der Waals surface area contributed by atoms with Crippen LogP contribution in [-0.4, -0.2) is 38.9 Å². The molecule has 1 spiro atoms. The third-order valence-electron chi connectivity index (χ3n) is 8.51. The van der Waals surface area contributed by atoms with Gasteiger partial charge in [0.05, 0.1) is 12.2 Å². The SMILES string of the molecule is C=C1[C@@H]2CC[C@@]3(C)C[C@@]2(CC3=O)C[C@@H](O)[C@@]2(O)[C@H]1C[C@H](O)C2(C)C. The van der Waals surface area contributed by atoms with Crippen molar-refractivity contribution < 1.29 is 20.1 Å². The van der Waals surface area contributed by atoms with Gasteiger partial charge in [-0.25, -0.2) is 0 Å². The van der Waals surface area contributed by atoms with Gasteiger partial charge in [-0.1, -0.05) is 32.9 Å². The molecule has 7 atom stereocenters. The molecule has 0 saturated heterocycles. The molecule has 0 amide bonds. The summed E-state index contributed by atoms with van der Waals surface area (Å²) in [6.07, 6.45) is 2.33. The predicted octanol–water partition coefficient (Wildman–Crippen LogP) is 2.21. The summed E-state index contributed by atoms with van der Waals surface area (Å²) in [4.78, 5) is 12.6. The van der Waals surface area contributed by atoms with Gasteiger partial charge in [0.1, 0.15) is 11.4 Å². The van der Waals surface area contributed by atoms with E-state index >= 15 is 0 Å². The molecule has 4 saturated carbocycles. The van der Waals surface area contributed by atoms with E-state index in [0.717, 1.165) is 24.8 Å². The van der Waals surface area contributed by atoms with Crippen LogP contribution in [0.25, 0.3) is 0 Å². The van der Waals surface area contributed by atoms with Crippen LogP contribution in [0.1, 0.15) is 59.3 Å². The second kappa shape index (κ2) is 4.52. The van der Waals surface area contributed by atoms with Gasteiger partial charge in [0.15, 0.2) is 0 Å². The Bertz CT molecular complexity index is 625. The normalized spacial score (nSPS) is 55.9. The first-order valence-electron chi connectivity index (χ1n) is 9.28. The lowest BCUT2D eigenvalue weighted by Gasteiger charge is -2.45. The Morgan fingerprint density at radius 2 is 1.79 bits per heavy atom. The van der Waals surface area contributed by atoms with E-state index < -0.39 is 23.2 Å². The summed E-state index contributed by atoms with van der Waals surface area (Å²) in [6, 6.07) is 0. The summed E-state index contributed by atoms with van der Waals surface area (Å²) in [5, 5.41) is 33.2. The summed E-state index contributed by atoms with van der Waals surface area (Å²) in [6.45, 7) is 10.1. The Balaban J connectivity index is 1.83. The molecule has 4 aliphatic rings. The van der Waals surface area contributed by atoms with E-state index in [2.05, 4.69) is 13.5 Å². The zero-order chi connectivity index (χ0) is 17.7. The molecule has 0 aliphatic heterocycles. The first kappa shape index (κ1) is 16.7. The number of carbonyl (C=O) groups is 1. The number of rotatable bonds is 0. The summed E-state index contributed by atoms with van der Waals surface area (Å²) in [5.41, 5.74) is -1.75. The molecule has 0 radical (unpaired) electrons. The third-order valence-corrected chi connectivity index (χ3v) is 8.51. The maximum Gasteiger partial charge on any atom is 0.139 e. The summed E-state index contributed by atoms with van der Waals surface area (Å²) in [7, 11) is 0. The van der Waals surface area contributed by atoms with Crippen molar-refractivity contribution in [3.05, 3.63) is 12.2 Å². The molecule has 4 rings (SSSR count). The fraction of sp³-hybridized carbons (Fsp3) is 0.850. The van der Waals surface area contributed by atoms with Crippen molar-refractivity contribution in [3.63, 3.8) is 0 Å². The molecule has 4 aliphatic carbocycles.